The van der Waals surface area contributed by atoms with E-state index in [1.807, 2.05) is 0 Å². The molecular formula is C8H16N2OS. The third kappa shape index (κ3) is 2.06. The van der Waals surface area contributed by atoms with E-state index in [0.717, 1.165) is 25.4 Å². The molecule has 2 aliphatic rings. The lowest BCUT2D eigenvalue weighted by Gasteiger charge is -2.36. The smallest absolute Gasteiger partial charge is 0.0365 e. The predicted octanol–water partition coefficient (Wildman–Crippen LogP) is -0.460. The zero-order valence-corrected chi connectivity index (χ0v) is 8.05. The molecule has 12 heavy (non-hydrogen) atoms. The highest BCUT2D eigenvalue weighted by molar-refractivity contribution is 7.85. The van der Waals surface area contributed by atoms with Crippen LogP contribution in [-0.4, -0.2) is 45.8 Å². The van der Waals surface area contributed by atoms with Crippen molar-refractivity contribution in [2.75, 3.05) is 25.4 Å². The van der Waals surface area contributed by atoms with E-state index in [-0.39, 0.29) is 0 Å². The summed E-state index contributed by atoms with van der Waals surface area (Å²) in [6.45, 7) is 2.99. The Hall–Kier alpha value is 0.0700. The Kier molecular flexibility index (Phi) is 2.48. The van der Waals surface area contributed by atoms with Gasteiger partial charge in [-0.25, -0.2) is 0 Å². The van der Waals surface area contributed by atoms with Crippen molar-refractivity contribution in [2.24, 2.45) is 5.73 Å². The monoisotopic (exact) mass is 188 g/mol. The molecule has 2 N–H and O–H groups in total. The third-order valence-electron chi connectivity index (χ3n) is 2.49. The van der Waals surface area contributed by atoms with Gasteiger partial charge in [0.15, 0.2) is 0 Å². The topological polar surface area (TPSA) is 46.3 Å². The molecule has 1 saturated heterocycles. The molecule has 1 saturated carbocycles. The Bertz CT molecular complexity index is 187. The lowest BCUT2D eigenvalue weighted by Crippen LogP contribution is -2.56. The van der Waals surface area contributed by atoms with Crippen LogP contribution in [0.5, 0.6) is 0 Å². The highest BCUT2D eigenvalue weighted by Crippen LogP contribution is 2.26. The molecule has 0 aromatic rings. The fraction of sp³-hybridized carbons (Fsp3) is 1.00. The normalized spacial score (nSPS) is 28.4. The molecule has 70 valence electrons. The molecular weight excluding hydrogens is 172 g/mol. The fourth-order valence-corrected chi connectivity index (χ4v) is 2.94. The van der Waals surface area contributed by atoms with Crippen molar-refractivity contribution >= 4 is 10.8 Å². The second kappa shape index (κ2) is 3.44. The molecule has 1 heterocycles. The number of hydrogen-bond acceptors (Lipinski definition) is 3. The Morgan fingerprint density at radius 1 is 1.42 bits per heavy atom. The van der Waals surface area contributed by atoms with E-state index in [0.29, 0.717) is 11.3 Å². The van der Waals surface area contributed by atoms with Gasteiger partial charge in [-0.15, -0.1) is 0 Å². The van der Waals surface area contributed by atoms with E-state index in [2.05, 4.69) is 4.90 Å². The largest absolute Gasteiger partial charge is 0.325 e. The van der Waals surface area contributed by atoms with Gasteiger partial charge in [0.05, 0.1) is 0 Å². The summed E-state index contributed by atoms with van der Waals surface area (Å²) in [5.74, 6) is 0.859. The van der Waals surface area contributed by atoms with Crippen molar-refractivity contribution in [3.8, 4) is 0 Å². The maximum Gasteiger partial charge on any atom is 0.0365 e. The van der Waals surface area contributed by atoms with Gasteiger partial charge in [0, 0.05) is 47.5 Å². The minimum Gasteiger partial charge on any atom is -0.325 e. The van der Waals surface area contributed by atoms with Crippen LogP contribution in [0.3, 0.4) is 0 Å². The maximum atomic E-state index is 11.4. The summed E-state index contributed by atoms with van der Waals surface area (Å²) in [6.07, 6.45) is 2.37. The van der Waals surface area contributed by atoms with Gasteiger partial charge in [-0.05, 0) is 12.8 Å². The fourth-order valence-electron chi connectivity index (χ4n) is 1.51. The molecule has 2 fully saturated rings. The van der Waals surface area contributed by atoms with Crippen molar-refractivity contribution in [2.45, 2.75) is 24.1 Å². The number of nitrogens with two attached hydrogens (primary N) is 1. The summed E-state index contributed by atoms with van der Waals surface area (Å²) in [5.41, 5.74) is 5.63. The number of nitrogens with zero attached hydrogens (tertiary/aromatic N) is 1. The highest BCUT2D eigenvalue weighted by atomic mass is 32.2. The Morgan fingerprint density at radius 2 is 2.08 bits per heavy atom. The molecule has 0 bridgehead atoms. The summed E-state index contributed by atoms with van der Waals surface area (Å²) in [5, 5.41) is 0.542. The van der Waals surface area contributed by atoms with E-state index in [9.17, 15) is 4.21 Å². The van der Waals surface area contributed by atoms with E-state index in [1.165, 1.54) is 12.8 Å². The molecule has 1 atom stereocenters. The van der Waals surface area contributed by atoms with Gasteiger partial charge in [0.2, 0.25) is 0 Å². The summed E-state index contributed by atoms with van der Waals surface area (Å²) >= 11 is 0. The van der Waals surface area contributed by atoms with Crippen LogP contribution < -0.4 is 5.73 Å². The zero-order chi connectivity index (χ0) is 8.55. The molecule has 0 amide bonds. The molecule has 1 aliphatic carbocycles. The number of hydrogen-bond donors (Lipinski definition) is 1. The first-order valence-electron chi connectivity index (χ1n) is 4.61. The van der Waals surface area contributed by atoms with Gasteiger partial charge in [0.1, 0.15) is 0 Å². The summed E-state index contributed by atoms with van der Waals surface area (Å²) in [4.78, 5) is 2.28. The molecule has 1 aliphatic heterocycles. The minimum atomic E-state index is -0.543. The van der Waals surface area contributed by atoms with Crippen LogP contribution >= 0.6 is 0 Å². The molecule has 3 nitrogen and oxygen atoms in total. The van der Waals surface area contributed by atoms with Crippen molar-refractivity contribution in [3.05, 3.63) is 0 Å². The second-order valence-corrected chi connectivity index (χ2v) is 5.64. The van der Waals surface area contributed by atoms with Crippen LogP contribution in [0.25, 0.3) is 0 Å². The van der Waals surface area contributed by atoms with E-state index < -0.39 is 10.8 Å². The molecule has 0 radical (unpaired) electrons. The van der Waals surface area contributed by atoms with Gasteiger partial charge in [-0.2, -0.15) is 0 Å². The van der Waals surface area contributed by atoms with Gasteiger partial charge >= 0.3 is 0 Å². The van der Waals surface area contributed by atoms with Crippen molar-refractivity contribution < 1.29 is 4.21 Å². The summed E-state index contributed by atoms with van der Waals surface area (Å²) in [7, 11) is -0.543. The van der Waals surface area contributed by atoms with E-state index >= 15 is 0 Å². The lowest BCUT2D eigenvalue weighted by atomic mass is 10.1. The first-order chi connectivity index (χ1) is 5.75. The molecule has 0 spiro atoms. The third-order valence-corrected chi connectivity index (χ3v) is 4.29. The van der Waals surface area contributed by atoms with Crippen LogP contribution in [0.2, 0.25) is 0 Å². The van der Waals surface area contributed by atoms with Gasteiger partial charge in [0.25, 0.3) is 0 Å². The first kappa shape index (κ1) is 8.66. The molecule has 0 aromatic heterocycles. The Balaban J connectivity index is 1.59. The van der Waals surface area contributed by atoms with Gasteiger partial charge in [-0.3, -0.25) is 9.11 Å². The van der Waals surface area contributed by atoms with Crippen LogP contribution in [-0.2, 0) is 10.8 Å². The predicted molar refractivity (Wildman–Crippen MR) is 50.4 cm³/mol. The van der Waals surface area contributed by atoms with Crippen LogP contribution in [0.15, 0.2) is 0 Å². The van der Waals surface area contributed by atoms with Gasteiger partial charge < -0.3 is 5.73 Å². The first-order valence-corrected chi connectivity index (χ1v) is 5.99. The molecule has 2 rings (SSSR count). The van der Waals surface area contributed by atoms with Crippen LogP contribution in [0.4, 0.5) is 0 Å². The highest BCUT2D eigenvalue weighted by Gasteiger charge is 2.29. The van der Waals surface area contributed by atoms with E-state index in [1.54, 1.807) is 0 Å². The summed E-state index contributed by atoms with van der Waals surface area (Å²) < 4.78 is 11.4. The standard InChI is InChI=1S/C8H16N2OS/c9-7-5-10(6-7)3-4-12(11)8-1-2-8/h7-8H,1-6,9H2. The number of rotatable bonds is 4. The van der Waals surface area contributed by atoms with E-state index in [4.69, 9.17) is 5.73 Å². The van der Waals surface area contributed by atoms with Gasteiger partial charge in [-0.1, -0.05) is 0 Å². The van der Waals surface area contributed by atoms with Crippen molar-refractivity contribution in [1.82, 2.24) is 4.90 Å². The quantitative estimate of drug-likeness (QED) is 0.649. The lowest BCUT2D eigenvalue weighted by molar-refractivity contribution is 0.161. The number of likely N-dealkylation sites (tertiary alicyclic amines) is 1. The van der Waals surface area contributed by atoms with Crippen LogP contribution in [0, 0.1) is 0 Å². The van der Waals surface area contributed by atoms with Crippen molar-refractivity contribution in [1.29, 1.82) is 0 Å². The van der Waals surface area contributed by atoms with Crippen molar-refractivity contribution in [3.63, 3.8) is 0 Å². The van der Waals surface area contributed by atoms with Crippen LogP contribution in [0.1, 0.15) is 12.8 Å². The molecule has 4 heteroatoms. The minimum absolute atomic E-state index is 0.374. The Morgan fingerprint density at radius 3 is 2.58 bits per heavy atom. The second-order valence-electron chi connectivity index (χ2n) is 3.80. The zero-order valence-electron chi connectivity index (χ0n) is 7.24. The average molecular weight is 188 g/mol. The SMILES string of the molecule is NC1CN(CCS(=O)C2CC2)C1. The Labute approximate surface area is 75.8 Å². The maximum absolute atomic E-state index is 11.4. The molecule has 1 unspecified atom stereocenters. The summed E-state index contributed by atoms with van der Waals surface area (Å²) in [6, 6.07) is 0.374. The average Bonchev–Trinajstić information content (AvgIpc) is 2.77. The molecule has 0 aromatic carbocycles.